The number of thiocarbonyl (C=S) groups is 1. The molecule has 1 amide bonds. The van der Waals surface area contributed by atoms with Crippen molar-refractivity contribution in [1.29, 1.82) is 0 Å². The van der Waals surface area contributed by atoms with Crippen LogP contribution in [0.15, 0.2) is 12.4 Å². The summed E-state index contributed by atoms with van der Waals surface area (Å²) < 4.78 is 0. The van der Waals surface area contributed by atoms with Gasteiger partial charge in [0.2, 0.25) is 5.91 Å². The summed E-state index contributed by atoms with van der Waals surface area (Å²) in [5.74, 6) is 0.208. The molecule has 0 saturated heterocycles. The third-order valence-electron chi connectivity index (χ3n) is 2.12. The fraction of sp³-hybridized carbons (Fsp3) is 0.444. The predicted molar refractivity (Wildman–Crippen MR) is 61.0 cm³/mol. The lowest BCUT2D eigenvalue weighted by Crippen LogP contribution is -2.37. The lowest BCUT2D eigenvalue weighted by molar-refractivity contribution is -0.132. The fourth-order valence-electron chi connectivity index (χ4n) is 1.14. The van der Waals surface area contributed by atoms with Crippen LogP contribution in [0, 0.1) is 5.92 Å². The Morgan fingerprint density at radius 3 is 2.93 bits per heavy atom. The number of imidazole rings is 1. The molecule has 1 aromatic rings. The smallest absolute Gasteiger partial charge is 0.232 e. The molecule has 0 aliphatic rings. The van der Waals surface area contributed by atoms with E-state index in [1.54, 1.807) is 31.3 Å². The maximum absolute atomic E-state index is 11.7. The van der Waals surface area contributed by atoms with Crippen LogP contribution < -0.4 is 5.73 Å². The van der Waals surface area contributed by atoms with E-state index in [4.69, 9.17) is 18.0 Å². The van der Waals surface area contributed by atoms with Gasteiger partial charge in [0, 0.05) is 19.4 Å². The molecule has 5 nitrogen and oxygen atoms in total. The second-order valence-corrected chi connectivity index (χ2v) is 3.83. The van der Waals surface area contributed by atoms with Crippen LogP contribution in [0.3, 0.4) is 0 Å². The lowest BCUT2D eigenvalue weighted by Gasteiger charge is -2.19. The van der Waals surface area contributed by atoms with Crippen molar-refractivity contribution in [1.82, 2.24) is 14.9 Å². The molecule has 0 saturated carbocycles. The van der Waals surface area contributed by atoms with Crippen LogP contribution in [0.5, 0.6) is 0 Å². The number of nitrogens with zero attached hydrogens (tertiary/aromatic N) is 2. The molecular formula is C9H14N4OS. The Morgan fingerprint density at radius 2 is 2.47 bits per heavy atom. The van der Waals surface area contributed by atoms with Crippen molar-refractivity contribution < 1.29 is 4.79 Å². The minimum Gasteiger partial charge on any atom is -0.393 e. The molecule has 0 aliphatic heterocycles. The van der Waals surface area contributed by atoms with Crippen molar-refractivity contribution in [3.8, 4) is 0 Å². The van der Waals surface area contributed by atoms with Crippen LogP contribution in [-0.4, -0.2) is 32.8 Å². The van der Waals surface area contributed by atoms with Crippen molar-refractivity contribution in [3.63, 3.8) is 0 Å². The second kappa shape index (κ2) is 4.88. The van der Waals surface area contributed by atoms with Crippen molar-refractivity contribution in [3.05, 3.63) is 18.2 Å². The number of nitrogens with two attached hydrogens (primary N) is 1. The number of rotatable bonds is 4. The number of aromatic amines is 1. The zero-order valence-corrected chi connectivity index (χ0v) is 9.54. The van der Waals surface area contributed by atoms with E-state index in [9.17, 15) is 4.79 Å². The highest BCUT2D eigenvalue weighted by Gasteiger charge is 2.20. The minimum absolute atomic E-state index is 0.0982. The van der Waals surface area contributed by atoms with Crippen molar-refractivity contribution in [2.45, 2.75) is 13.5 Å². The molecule has 6 heteroatoms. The molecule has 0 aromatic carbocycles. The molecule has 0 spiro atoms. The van der Waals surface area contributed by atoms with E-state index < -0.39 is 5.92 Å². The molecule has 1 aromatic heterocycles. The van der Waals surface area contributed by atoms with Gasteiger partial charge in [-0.05, 0) is 6.92 Å². The summed E-state index contributed by atoms with van der Waals surface area (Å²) >= 11 is 4.77. The molecule has 1 unspecified atom stereocenters. The van der Waals surface area contributed by atoms with Crippen LogP contribution >= 0.6 is 12.2 Å². The van der Waals surface area contributed by atoms with E-state index in [2.05, 4.69) is 9.97 Å². The van der Waals surface area contributed by atoms with Gasteiger partial charge in [-0.25, -0.2) is 4.98 Å². The Kier molecular flexibility index (Phi) is 3.79. The molecule has 0 fully saturated rings. The van der Waals surface area contributed by atoms with Gasteiger partial charge in [0.15, 0.2) is 0 Å². The van der Waals surface area contributed by atoms with Gasteiger partial charge in [0.05, 0.1) is 17.5 Å². The number of carbonyl (C=O) groups excluding carboxylic acids is 1. The van der Waals surface area contributed by atoms with Gasteiger partial charge in [-0.1, -0.05) is 12.2 Å². The van der Waals surface area contributed by atoms with Crippen molar-refractivity contribution in [2.75, 3.05) is 7.05 Å². The first kappa shape index (κ1) is 11.6. The van der Waals surface area contributed by atoms with E-state index in [-0.39, 0.29) is 10.9 Å². The molecule has 0 radical (unpaired) electrons. The summed E-state index contributed by atoms with van der Waals surface area (Å²) in [5, 5.41) is 0. The van der Waals surface area contributed by atoms with Crippen LogP contribution in [0.4, 0.5) is 0 Å². The molecule has 15 heavy (non-hydrogen) atoms. The average molecular weight is 226 g/mol. The standard InChI is InChI=1S/C9H14N4OS/c1-6(8(10)15)9(14)13(2)5-7-11-3-4-12-7/h3-4,6H,5H2,1-2H3,(H2,10,15)(H,11,12). The van der Waals surface area contributed by atoms with Gasteiger partial charge in [-0.15, -0.1) is 0 Å². The van der Waals surface area contributed by atoms with Crippen LogP contribution in [0.2, 0.25) is 0 Å². The van der Waals surface area contributed by atoms with Gasteiger partial charge in [0.25, 0.3) is 0 Å². The van der Waals surface area contributed by atoms with Crippen LogP contribution in [0.25, 0.3) is 0 Å². The number of hydrogen-bond acceptors (Lipinski definition) is 3. The molecule has 3 N–H and O–H groups in total. The summed E-state index contributed by atoms with van der Waals surface area (Å²) in [4.78, 5) is 20.4. The lowest BCUT2D eigenvalue weighted by atomic mass is 10.1. The molecular weight excluding hydrogens is 212 g/mol. The predicted octanol–water partition coefficient (Wildman–Crippen LogP) is 0.290. The highest BCUT2D eigenvalue weighted by atomic mass is 32.1. The SMILES string of the molecule is CC(C(=O)N(C)Cc1ncc[nH]1)C(N)=S. The second-order valence-electron chi connectivity index (χ2n) is 3.35. The maximum Gasteiger partial charge on any atom is 0.232 e. The zero-order chi connectivity index (χ0) is 11.4. The number of carbonyl (C=O) groups is 1. The van der Waals surface area contributed by atoms with E-state index in [1.165, 1.54) is 0 Å². The summed E-state index contributed by atoms with van der Waals surface area (Å²) in [6, 6.07) is 0. The minimum atomic E-state index is -0.431. The Balaban J connectivity index is 2.57. The molecule has 1 heterocycles. The first-order chi connectivity index (χ1) is 7.02. The Morgan fingerprint density at radius 1 is 1.80 bits per heavy atom. The van der Waals surface area contributed by atoms with Gasteiger partial charge in [0.1, 0.15) is 5.82 Å². The van der Waals surface area contributed by atoms with E-state index in [1.807, 2.05) is 0 Å². The number of aromatic nitrogens is 2. The summed E-state index contributed by atoms with van der Waals surface area (Å²) in [6.07, 6.45) is 3.36. The fourth-order valence-corrected chi connectivity index (χ4v) is 1.24. The monoisotopic (exact) mass is 226 g/mol. The number of H-pyrrole nitrogens is 1. The highest BCUT2D eigenvalue weighted by Crippen LogP contribution is 2.04. The highest BCUT2D eigenvalue weighted by molar-refractivity contribution is 7.80. The third kappa shape index (κ3) is 3.02. The Hall–Kier alpha value is -1.43. The largest absolute Gasteiger partial charge is 0.393 e. The van der Waals surface area contributed by atoms with Gasteiger partial charge < -0.3 is 15.6 Å². The first-order valence-corrected chi connectivity index (χ1v) is 4.95. The number of hydrogen-bond donors (Lipinski definition) is 2. The number of nitrogens with one attached hydrogen (secondary N) is 1. The van der Waals surface area contributed by atoms with E-state index in [0.717, 1.165) is 5.82 Å². The summed E-state index contributed by atoms with van der Waals surface area (Å²) in [5.41, 5.74) is 5.41. The molecule has 1 rings (SSSR count). The molecule has 0 bridgehead atoms. The zero-order valence-electron chi connectivity index (χ0n) is 8.73. The van der Waals surface area contributed by atoms with E-state index in [0.29, 0.717) is 6.54 Å². The quantitative estimate of drug-likeness (QED) is 0.724. The van der Waals surface area contributed by atoms with Gasteiger partial charge in [-0.2, -0.15) is 0 Å². The van der Waals surface area contributed by atoms with Crippen molar-refractivity contribution in [2.24, 2.45) is 11.7 Å². The molecule has 82 valence electrons. The third-order valence-corrected chi connectivity index (χ3v) is 2.47. The Labute approximate surface area is 93.7 Å². The summed E-state index contributed by atoms with van der Waals surface area (Å²) in [6.45, 7) is 2.13. The molecule has 0 aliphatic carbocycles. The number of amides is 1. The van der Waals surface area contributed by atoms with Crippen LogP contribution in [-0.2, 0) is 11.3 Å². The topological polar surface area (TPSA) is 75.0 Å². The Bertz CT molecular complexity index is 349. The average Bonchev–Trinajstić information content (AvgIpc) is 2.67. The van der Waals surface area contributed by atoms with Crippen molar-refractivity contribution >= 4 is 23.1 Å². The first-order valence-electron chi connectivity index (χ1n) is 4.55. The molecule has 1 atom stereocenters. The normalized spacial score (nSPS) is 12.1. The summed E-state index contributed by atoms with van der Waals surface area (Å²) in [7, 11) is 1.69. The van der Waals surface area contributed by atoms with Gasteiger partial charge in [-0.3, -0.25) is 4.79 Å². The maximum atomic E-state index is 11.7. The van der Waals surface area contributed by atoms with E-state index >= 15 is 0 Å². The van der Waals surface area contributed by atoms with Gasteiger partial charge >= 0.3 is 0 Å². The van der Waals surface area contributed by atoms with Crippen LogP contribution in [0.1, 0.15) is 12.7 Å².